The maximum atomic E-state index is 13.4. The second-order valence-electron chi connectivity index (χ2n) is 9.65. The number of aromatic nitrogens is 2. The van der Waals surface area contributed by atoms with Crippen LogP contribution < -0.4 is 10.3 Å². The Morgan fingerprint density at radius 2 is 1.92 bits per heavy atom. The van der Waals surface area contributed by atoms with Crippen molar-refractivity contribution >= 4 is 62.3 Å². The van der Waals surface area contributed by atoms with Gasteiger partial charge in [0.25, 0.3) is 5.56 Å². The first-order valence-electron chi connectivity index (χ1n) is 11.4. The molecule has 2 heterocycles. The van der Waals surface area contributed by atoms with Crippen molar-refractivity contribution in [1.29, 1.82) is 0 Å². The molecule has 0 N–H and O–H groups in total. The quantitative estimate of drug-likeness (QED) is 0.154. The Labute approximate surface area is 226 Å². The zero-order valence-electron chi connectivity index (χ0n) is 20.0. The molecule has 5 rings (SSSR count). The van der Waals surface area contributed by atoms with Crippen molar-refractivity contribution in [2.75, 3.05) is 6.61 Å². The van der Waals surface area contributed by atoms with Crippen LogP contribution in [0.3, 0.4) is 0 Å². The lowest BCUT2D eigenvalue weighted by atomic mass is 9.99. The van der Waals surface area contributed by atoms with Crippen molar-refractivity contribution in [1.82, 2.24) is 9.66 Å². The lowest BCUT2D eigenvalue weighted by molar-refractivity contribution is 0.196. The van der Waals surface area contributed by atoms with Crippen molar-refractivity contribution in [3.63, 3.8) is 0 Å². The van der Waals surface area contributed by atoms with Crippen molar-refractivity contribution in [3.05, 3.63) is 91.2 Å². The SMILES string of the molecule is CC(C)(C)COc1ccc(C=Nn2c(-c3cc4cc(Cl)ccc4o3)nc3ccccc3c2=O)cc1I. The first kappa shape index (κ1) is 24.5. The number of benzene rings is 3. The summed E-state index contributed by atoms with van der Waals surface area (Å²) >= 11 is 8.39. The van der Waals surface area contributed by atoms with Crippen LogP contribution in [0, 0.1) is 8.99 Å². The monoisotopic (exact) mass is 611 g/mol. The fraction of sp³-hybridized carbons (Fsp3) is 0.179. The average molecular weight is 612 g/mol. The maximum absolute atomic E-state index is 13.4. The molecule has 0 unspecified atom stereocenters. The molecular weight excluding hydrogens is 589 g/mol. The maximum Gasteiger partial charge on any atom is 0.282 e. The standard InChI is InChI=1S/C28H23ClIN3O3/c1-28(2,3)16-35-24-10-8-17(12-21(24)30)15-31-33-26(32-22-7-5-4-6-20(22)27(33)34)25-14-18-13-19(29)9-11-23(18)36-25/h4-15H,16H2,1-3H3. The van der Waals surface area contributed by atoms with Crippen LogP contribution in [0.2, 0.25) is 5.02 Å². The van der Waals surface area contributed by atoms with Gasteiger partial charge < -0.3 is 9.15 Å². The molecule has 0 radical (unpaired) electrons. The van der Waals surface area contributed by atoms with Crippen LogP contribution >= 0.6 is 34.2 Å². The lowest BCUT2D eigenvalue weighted by Gasteiger charge is -2.19. The van der Waals surface area contributed by atoms with E-state index in [-0.39, 0.29) is 11.0 Å². The third kappa shape index (κ3) is 5.17. The summed E-state index contributed by atoms with van der Waals surface area (Å²) in [6.07, 6.45) is 1.64. The largest absolute Gasteiger partial charge is 0.492 e. The number of rotatable bonds is 5. The second-order valence-corrected chi connectivity index (χ2v) is 11.2. The van der Waals surface area contributed by atoms with E-state index in [0.29, 0.717) is 39.7 Å². The van der Waals surface area contributed by atoms with Gasteiger partial charge in [-0.1, -0.05) is 44.5 Å². The van der Waals surface area contributed by atoms with Crippen molar-refractivity contribution in [2.24, 2.45) is 10.5 Å². The van der Waals surface area contributed by atoms with E-state index >= 15 is 0 Å². The molecule has 0 aliphatic carbocycles. The van der Waals surface area contributed by atoms with E-state index in [2.05, 4.69) is 48.5 Å². The number of fused-ring (bicyclic) bond motifs is 2. The molecule has 182 valence electrons. The summed E-state index contributed by atoms with van der Waals surface area (Å²) in [7, 11) is 0. The van der Waals surface area contributed by atoms with Gasteiger partial charge in [0.15, 0.2) is 5.76 Å². The summed E-state index contributed by atoms with van der Waals surface area (Å²) in [5.41, 5.74) is 1.81. The first-order valence-corrected chi connectivity index (χ1v) is 12.8. The molecular formula is C28H23ClIN3O3. The Morgan fingerprint density at radius 1 is 1.11 bits per heavy atom. The first-order chi connectivity index (χ1) is 17.2. The third-order valence-electron chi connectivity index (χ3n) is 5.39. The summed E-state index contributed by atoms with van der Waals surface area (Å²) in [5.74, 6) is 1.55. The normalized spacial score (nSPS) is 12.1. The minimum Gasteiger partial charge on any atom is -0.492 e. The second kappa shape index (κ2) is 9.71. The molecule has 0 amide bonds. The topological polar surface area (TPSA) is 69.6 Å². The van der Waals surface area contributed by atoms with Gasteiger partial charge in [-0.25, -0.2) is 4.98 Å². The molecule has 0 bridgehead atoms. The Kier molecular flexibility index (Phi) is 6.61. The highest BCUT2D eigenvalue weighted by Gasteiger charge is 2.17. The number of para-hydroxylation sites is 1. The van der Waals surface area contributed by atoms with Gasteiger partial charge in [-0.2, -0.15) is 9.78 Å². The predicted molar refractivity (Wildman–Crippen MR) is 153 cm³/mol. The summed E-state index contributed by atoms with van der Waals surface area (Å²) < 4.78 is 14.2. The highest BCUT2D eigenvalue weighted by Crippen LogP contribution is 2.29. The van der Waals surface area contributed by atoms with Crippen LogP contribution in [0.5, 0.6) is 5.75 Å². The van der Waals surface area contributed by atoms with Crippen LogP contribution in [-0.4, -0.2) is 22.5 Å². The van der Waals surface area contributed by atoms with E-state index < -0.39 is 0 Å². The van der Waals surface area contributed by atoms with E-state index in [1.807, 2.05) is 36.4 Å². The number of halogens is 2. The van der Waals surface area contributed by atoms with Crippen molar-refractivity contribution in [2.45, 2.75) is 20.8 Å². The molecule has 0 aliphatic rings. The fourth-order valence-corrected chi connectivity index (χ4v) is 4.52. The average Bonchev–Trinajstić information content (AvgIpc) is 3.25. The Hall–Kier alpha value is -3.17. The van der Waals surface area contributed by atoms with Crippen molar-refractivity contribution < 1.29 is 9.15 Å². The van der Waals surface area contributed by atoms with Gasteiger partial charge in [0.05, 0.1) is 27.3 Å². The van der Waals surface area contributed by atoms with Crippen LogP contribution in [0.25, 0.3) is 33.5 Å². The van der Waals surface area contributed by atoms with Crippen LogP contribution in [0.4, 0.5) is 0 Å². The summed E-state index contributed by atoms with van der Waals surface area (Å²) in [6.45, 7) is 7.00. The number of hydrogen-bond acceptors (Lipinski definition) is 5. The molecule has 0 atom stereocenters. The van der Waals surface area contributed by atoms with E-state index in [0.717, 1.165) is 20.3 Å². The number of hydrogen-bond donors (Lipinski definition) is 0. The minimum absolute atomic E-state index is 0.0614. The Bertz CT molecular complexity index is 1680. The predicted octanol–water partition coefficient (Wildman–Crippen LogP) is 7.37. The highest BCUT2D eigenvalue weighted by molar-refractivity contribution is 14.1. The molecule has 0 spiro atoms. The molecule has 0 aliphatic heterocycles. The van der Waals surface area contributed by atoms with E-state index in [4.69, 9.17) is 25.7 Å². The van der Waals surface area contributed by atoms with Gasteiger partial charge >= 0.3 is 0 Å². The van der Waals surface area contributed by atoms with E-state index in [9.17, 15) is 4.79 Å². The molecule has 0 saturated carbocycles. The van der Waals surface area contributed by atoms with Gasteiger partial charge in [-0.3, -0.25) is 4.79 Å². The summed E-state index contributed by atoms with van der Waals surface area (Å²) in [5, 5.41) is 6.42. The van der Waals surface area contributed by atoms with Gasteiger partial charge in [0, 0.05) is 10.4 Å². The highest BCUT2D eigenvalue weighted by atomic mass is 127. The third-order valence-corrected chi connectivity index (χ3v) is 6.47. The van der Waals surface area contributed by atoms with E-state index in [1.165, 1.54) is 4.68 Å². The Balaban J connectivity index is 1.57. The minimum atomic E-state index is -0.287. The van der Waals surface area contributed by atoms with Gasteiger partial charge in [0.1, 0.15) is 11.3 Å². The Morgan fingerprint density at radius 3 is 2.69 bits per heavy atom. The molecule has 0 saturated heterocycles. The molecule has 2 aromatic heterocycles. The zero-order valence-corrected chi connectivity index (χ0v) is 22.9. The summed E-state index contributed by atoms with van der Waals surface area (Å²) in [6, 6.07) is 20.1. The molecule has 6 nitrogen and oxygen atoms in total. The van der Waals surface area contributed by atoms with Crippen LogP contribution in [0.15, 0.2) is 81.0 Å². The molecule has 36 heavy (non-hydrogen) atoms. The molecule has 5 aromatic rings. The molecule has 0 fully saturated rings. The van der Waals surface area contributed by atoms with E-state index in [1.54, 1.807) is 36.5 Å². The lowest BCUT2D eigenvalue weighted by Crippen LogP contribution is -2.20. The number of furan rings is 1. The number of nitrogens with zero attached hydrogens (tertiary/aromatic N) is 3. The number of ether oxygens (including phenoxy) is 1. The van der Waals surface area contributed by atoms with Gasteiger partial charge in [0.2, 0.25) is 5.82 Å². The fourth-order valence-electron chi connectivity index (χ4n) is 3.65. The van der Waals surface area contributed by atoms with Gasteiger partial charge in [-0.15, -0.1) is 0 Å². The van der Waals surface area contributed by atoms with Crippen LogP contribution in [0.1, 0.15) is 26.3 Å². The zero-order chi connectivity index (χ0) is 25.4. The molecule has 3 aromatic carbocycles. The molecule has 8 heteroatoms. The van der Waals surface area contributed by atoms with Gasteiger partial charge in [-0.05, 0) is 88.2 Å². The van der Waals surface area contributed by atoms with Crippen LogP contribution in [-0.2, 0) is 0 Å². The van der Waals surface area contributed by atoms with Crippen molar-refractivity contribution in [3.8, 4) is 17.3 Å². The smallest absolute Gasteiger partial charge is 0.282 e. The summed E-state index contributed by atoms with van der Waals surface area (Å²) in [4.78, 5) is 18.2.